The van der Waals surface area contributed by atoms with Crippen molar-refractivity contribution in [1.82, 2.24) is 0 Å². The van der Waals surface area contributed by atoms with Gasteiger partial charge in [0.15, 0.2) is 0 Å². The van der Waals surface area contributed by atoms with Gasteiger partial charge < -0.3 is 15.4 Å². The maximum Gasteiger partial charge on any atom is 0.489 e. The minimum atomic E-state index is -9.29. The van der Waals surface area contributed by atoms with E-state index in [1.54, 1.807) is 0 Å². The fourth-order valence-corrected chi connectivity index (χ4v) is 4.04. The predicted octanol–water partition coefficient (Wildman–Crippen LogP) is 9.54. The summed E-state index contributed by atoms with van der Waals surface area (Å²) < 4.78 is 417. The first kappa shape index (κ1) is 53.3. The fourth-order valence-electron chi connectivity index (χ4n) is 4.04. The molecule has 0 aliphatic rings. The number of amides is 1. The van der Waals surface area contributed by atoms with E-state index in [-0.39, 0.29) is 12.2 Å². The van der Waals surface area contributed by atoms with Crippen molar-refractivity contribution < 1.29 is 147 Å². The third-order valence-electron chi connectivity index (χ3n) is 7.45. The average molecular weight is 941 g/mol. The molecule has 59 heavy (non-hydrogen) atoms. The van der Waals surface area contributed by atoms with Crippen molar-refractivity contribution >= 4 is 24.2 Å². The molecule has 0 unspecified atom stereocenters. The van der Waals surface area contributed by atoms with Gasteiger partial charge in [-0.05, 0) is 12.4 Å². The fraction of sp³-hybridized carbons (Fsp3) is 0.625. The SMILES string of the molecule is C=C(C)C(=O)Nc1c(C(F)(F)C(F)(F)C(F)(F)C(F)(F)C(F)(F)C(F)(F)C(F)(F)F)ccc(B(O)O)c1C(F)(F)C(F)(F)C(F)(F)C(F)(F)C(F)(F)C(F)(F)C(F)(F)F. The van der Waals surface area contributed by atoms with Crippen LogP contribution in [-0.2, 0) is 16.6 Å². The van der Waals surface area contributed by atoms with Gasteiger partial charge in [-0.15, -0.1) is 0 Å². The van der Waals surface area contributed by atoms with Gasteiger partial charge in [-0.25, -0.2) is 0 Å². The second-order valence-electron chi connectivity index (χ2n) is 11.4. The molecular weight excluding hydrogens is 931 g/mol. The molecule has 1 amide bonds. The Hall–Kier alpha value is -3.69. The van der Waals surface area contributed by atoms with Crippen molar-refractivity contribution in [3.05, 3.63) is 35.4 Å². The van der Waals surface area contributed by atoms with Crippen molar-refractivity contribution in [2.45, 2.75) is 90.3 Å². The van der Waals surface area contributed by atoms with Crippen LogP contribution in [0.4, 0.5) is 137 Å². The minimum absolute atomic E-state index is 0.0735. The molecule has 0 heterocycles. The first-order valence-electron chi connectivity index (χ1n) is 13.4. The quantitative estimate of drug-likeness (QED) is 0.0933. The number of nitrogens with one attached hydrogen (secondary N) is 1. The molecule has 3 N–H and O–H groups in total. The summed E-state index contributed by atoms with van der Waals surface area (Å²) in [7, 11) is -4.41. The van der Waals surface area contributed by atoms with E-state index in [9.17, 15) is 129 Å². The Kier molecular flexibility index (Phi) is 12.8. The monoisotopic (exact) mass is 941 g/mol. The zero-order valence-electron chi connectivity index (χ0n) is 26.6. The number of rotatable bonds is 15. The van der Waals surface area contributed by atoms with Crippen LogP contribution in [0, 0.1) is 0 Å². The lowest BCUT2D eigenvalue weighted by atomic mass is 9.71. The van der Waals surface area contributed by atoms with E-state index in [1.807, 2.05) is 0 Å². The summed E-state index contributed by atoms with van der Waals surface area (Å²) in [6.45, 7) is 2.59. The van der Waals surface area contributed by atoms with Crippen molar-refractivity contribution in [3.8, 4) is 0 Å². The van der Waals surface area contributed by atoms with Crippen LogP contribution in [0.25, 0.3) is 0 Å². The van der Waals surface area contributed by atoms with Crippen LogP contribution in [0.5, 0.6) is 0 Å². The van der Waals surface area contributed by atoms with E-state index in [0.717, 1.165) is 0 Å². The standard InChI is InChI=1S/C24H10BF30NO3/c1-5(2)10(57)56-9-6(11(26,27)13(30,31)15(34,35)17(38,39)19(42,43)21(46,47)23(50,51)52)3-4-7(25(58)59)8(9)12(28,29)14(32,33)16(36,37)18(40,41)20(44,45)22(48,49)24(53,54)55/h3-4,58-59H,1H2,2H3,(H,56,57). The number of benzene rings is 1. The van der Waals surface area contributed by atoms with E-state index < -0.39 is 136 Å². The van der Waals surface area contributed by atoms with Gasteiger partial charge in [-0.3, -0.25) is 4.79 Å². The molecule has 0 saturated heterocycles. The zero-order chi connectivity index (χ0) is 48.2. The van der Waals surface area contributed by atoms with Gasteiger partial charge in [0.05, 0.1) is 16.8 Å². The zero-order valence-corrected chi connectivity index (χ0v) is 26.6. The van der Waals surface area contributed by atoms with E-state index >= 15 is 17.6 Å². The molecule has 342 valence electrons. The summed E-state index contributed by atoms with van der Waals surface area (Å²) in [5, 5.41) is 18.6. The number of carbonyl (C=O) groups excluding carboxylic acids is 1. The van der Waals surface area contributed by atoms with Crippen molar-refractivity contribution in [3.63, 3.8) is 0 Å². The molecule has 0 bridgehead atoms. The van der Waals surface area contributed by atoms with Crippen LogP contribution in [0.2, 0.25) is 0 Å². The lowest BCUT2D eigenvalue weighted by Crippen LogP contribution is -2.72. The van der Waals surface area contributed by atoms with Crippen LogP contribution in [0.15, 0.2) is 24.3 Å². The lowest BCUT2D eigenvalue weighted by molar-refractivity contribution is -0.454. The molecule has 0 atom stereocenters. The van der Waals surface area contributed by atoms with Gasteiger partial charge >= 0.3 is 90.5 Å². The third kappa shape index (κ3) is 7.04. The van der Waals surface area contributed by atoms with E-state index in [0.29, 0.717) is 0 Å². The third-order valence-corrected chi connectivity index (χ3v) is 7.45. The van der Waals surface area contributed by atoms with Gasteiger partial charge in [0.2, 0.25) is 0 Å². The molecule has 1 rings (SSSR count). The molecule has 0 aromatic heterocycles. The minimum Gasteiger partial charge on any atom is -0.423 e. The Bertz CT molecular complexity index is 1780. The lowest BCUT2D eigenvalue weighted by Gasteiger charge is -2.43. The predicted molar refractivity (Wildman–Crippen MR) is 129 cm³/mol. The molecule has 35 heteroatoms. The molecule has 4 nitrogen and oxygen atoms in total. The van der Waals surface area contributed by atoms with Crippen LogP contribution >= 0.6 is 0 Å². The van der Waals surface area contributed by atoms with Crippen molar-refractivity contribution in [1.29, 1.82) is 0 Å². The Labute approximate surface area is 302 Å². The molecular formula is C24H10BF30NO3. The van der Waals surface area contributed by atoms with E-state index in [1.165, 1.54) is 0 Å². The number of anilines is 1. The average Bonchev–Trinajstić information content (AvgIpc) is 3.01. The maximum absolute atomic E-state index is 15.5. The maximum atomic E-state index is 15.5. The molecule has 0 aliphatic heterocycles. The van der Waals surface area contributed by atoms with Crippen LogP contribution in [0.1, 0.15) is 18.1 Å². The van der Waals surface area contributed by atoms with E-state index in [2.05, 4.69) is 6.58 Å². The molecule has 1 aromatic carbocycles. The largest absolute Gasteiger partial charge is 0.489 e. The molecule has 0 aliphatic carbocycles. The Morgan fingerprint density at radius 3 is 1.02 bits per heavy atom. The topological polar surface area (TPSA) is 69.6 Å². The molecule has 1 aromatic rings. The highest BCUT2D eigenvalue weighted by molar-refractivity contribution is 6.59. The molecule has 0 radical (unpaired) electrons. The summed E-state index contributed by atoms with van der Waals surface area (Å²) in [6, 6.07) is -2.94. The van der Waals surface area contributed by atoms with Crippen molar-refractivity contribution in [2.24, 2.45) is 0 Å². The van der Waals surface area contributed by atoms with Gasteiger partial charge in [0, 0.05) is 5.57 Å². The summed E-state index contributed by atoms with van der Waals surface area (Å²) in [6.07, 6.45) is -16.4. The van der Waals surface area contributed by atoms with Gasteiger partial charge in [0.25, 0.3) is 5.91 Å². The van der Waals surface area contributed by atoms with Gasteiger partial charge in [-0.1, -0.05) is 18.7 Å². The number of alkyl halides is 30. The van der Waals surface area contributed by atoms with Crippen LogP contribution in [0.3, 0.4) is 0 Å². The molecule has 0 spiro atoms. The number of hydrogen-bond donors (Lipinski definition) is 3. The Morgan fingerprint density at radius 2 is 0.746 bits per heavy atom. The summed E-state index contributed by atoms with van der Waals surface area (Å²) in [5.74, 6) is -110. The molecule has 0 saturated carbocycles. The first-order valence-corrected chi connectivity index (χ1v) is 13.4. The Balaban J connectivity index is 4.66. The summed E-state index contributed by atoms with van der Waals surface area (Å²) >= 11 is 0. The second-order valence-corrected chi connectivity index (χ2v) is 11.4. The highest BCUT2D eigenvalue weighted by atomic mass is 19.4. The normalized spacial score (nSPS) is 15.7. The highest BCUT2D eigenvalue weighted by Gasteiger charge is 2.95. The molecule has 0 fully saturated rings. The Morgan fingerprint density at radius 1 is 0.475 bits per heavy atom. The van der Waals surface area contributed by atoms with Gasteiger partial charge in [-0.2, -0.15) is 132 Å². The number of carbonyl (C=O) groups is 1. The van der Waals surface area contributed by atoms with Crippen LogP contribution < -0.4 is 10.8 Å². The van der Waals surface area contributed by atoms with Gasteiger partial charge in [0.1, 0.15) is 0 Å². The first-order chi connectivity index (χ1) is 25.3. The van der Waals surface area contributed by atoms with Crippen molar-refractivity contribution in [2.75, 3.05) is 5.32 Å². The number of hydrogen-bond acceptors (Lipinski definition) is 3. The van der Waals surface area contributed by atoms with Crippen LogP contribution in [-0.4, -0.2) is 94.7 Å². The summed E-state index contributed by atoms with van der Waals surface area (Å²) in [5.41, 5.74) is -17.4. The van der Waals surface area contributed by atoms with E-state index in [4.69, 9.17) is 0 Å². The second kappa shape index (κ2) is 14.2. The number of halogens is 30. The highest BCUT2D eigenvalue weighted by Crippen LogP contribution is 2.67. The smallest absolute Gasteiger partial charge is 0.423 e. The summed E-state index contributed by atoms with van der Waals surface area (Å²) in [4.78, 5) is 12.1.